The molecule has 0 saturated carbocycles. The molecule has 10 nitrogen and oxygen atoms in total. The van der Waals surface area contributed by atoms with Crippen LogP contribution in [0.2, 0.25) is 0 Å². The van der Waals surface area contributed by atoms with Crippen LogP contribution in [0.1, 0.15) is 12.0 Å². The van der Waals surface area contributed by atoms with Crippen molar-refractivity contribution in [3.05, 3.63) is 54.5 Å². The van der Waals surface area contributed by atoms with Gasteiger partial charge in [0.2, 0.25) is 5.88 Å². The van der Waals surface area contributed by atoms with Crippen molar-refractivity contribution in [2.75, 3.05) is 25.4 Å². The van der Waals surface area contributed by atoms with E-state index >= 15 is 0 Å². The zero-order valence-corrected chi connectivity index (χ0v) is 20.7. The number of carboxylic acids is 2. The number of halogens is 6. The van der Waals surface area contributed by atoms with Gasteiger partial charge >= 0.3 is 24.3 Å². The Balaban J connectivity index is 0.000000317. The number of sulfone groups is 1. The zero-order chi connectivity index (χ0) is 29.5. The maximum atomic E-state index is 12.7. The molecule has 17 heteroatoms. The Morgan fingerprint density at radius 1 is 1.00 bits per heavy atom. The molecule has 4 heterocycles. The van der Waals surface area contributed by atoms with Crippen LogP contribution >= 0.6 is 0 Å². The first-order valence-electron chi connectivity index (χ1n) is 11.0. The number of likely N-dealkylation sites (tertiary alicyclic amines) is 1. The Morgan fingerprint density at radius 2 is 1.59 bits per heavy atom. The van der Waals surface area contributed by atoms with Gasteiger partial charge in [-0.15, -0.1) is 0 Å². The molecule has 1 spiro atoms. The molecular formula is C22H23F6N3O7S. The fraction of sp³-hybridized carbons (Fsp3) is 0.455. The molecule has 0 aromatic carbocycles. The number of carboxylic acid groups (broad SMARTS) is 2. The van der Waals surface area contributed by atoms with Crippen molar-refractivity contribution in [1.82, 2.24) is 14.9 Å². The van der Waals surface area contributed by atoms with Gasteiger partial charge in [0.15, 0.2) is 9.84 Å². The normalized spacial score (nSPS) is 19.5. The highest BCUT2D eigenvalue weighted by Crippen LogP contribution is 2.45. The summed E-state index contributed by atoms with van der Waals surface area (Å²) in [6, 6.07) is 9.41. The molecule has 1 unspecified atom stereocenters. The van der Waals surface area contributed by atoms with Gasteiger partial charge in [0, 0.05) is 50.2 Å². The highest BCUT2D eigenvalue weighted by atomic mass is 32.2. The SMILES string of the molecule is O=C(O)C(F)(F)F.O=C(O)C(F)(F)F.O=S1(=O)CCC(COc2ccccn2)C12CN(Cc1cccnc1)C2. The average molecular weight is 587 g/mol. The Bertz CT molecular complexity index is 1180. The Kier molecular flexibility index (Phi) is 10.2. The minimum absolute atomic E-state index is 0.0182. The lowest BCUT2D eigenvalue weighted by atomic mass is 9.83. The van der Waals surface area contributed by atoms with Crippen LogP contribution in [-0.2, 0) is 26.0 Å². The summed E-state index contributed by atoms with van der Waals surface area (Å²) in [5.74, 6) is -4.69. The van der Waals surface area contributed by atoms with Crippen LogP contribution in [0, 0.1) is 5.92 Å². The van der Waals surface area contributed by atoms with Crippen molar-refractivity contribution in [2.24, 2.45) is 5.92 Å². The van der Waals surface area contributed by atoms with Gasteiger partial charge in [0.1, 0.15) is 4.75 Å². The monoisotopic (exact) mass is 587 g/mol. The van der Waals surface area contributed by atoms with Gasteiger partial charge in [-0.1, -0.05) is 12.1 Å². The molecule has 2 aliphatic heterocycles. The highest BCUT2D eigenvalue weighted by molar-refractivity contribution is 7.93. The van der Waals surface area contributed by atoms with E-state index in [-0.39, 0.29) is 11.7 Å². The molecule has 0 bridgehead atoms. The molecular weight excluding hydrogens is 564 g/mol. The van der Waals surface area contributed by atoms with E-state index in [1.165, 1.54) is 0 Å². The predicted octanol–water partition coefficient (Wildman–Crippen LogP) is 2.81. The van der Waals surface area contributed by atoms with Crippen LogP contribution in [0.15, 0.2) is 48.9 Å². The summed E-state index contributed by atoms with van der Waals surface area (Å²) >= 11 is 0. The molecule has 2 saturated heterocycles. The lowest BCUT2D eigenvalue weighted by Gasteiger charge is -2.49. The van der Waals surface area contributed by atoms with Crippen molar-refractivity contribution in [2.45, 2.75) is 30.1 Å². The third-order valence-electron chi connectivity index (χ3n) is 5.77. The van der Waals surface area contributed by atoms with Crippen LogP contribution in [0.4, 0.5) is 26.3 Å². The first kappa shape index (κ1) is 31.7. The summed E-state index contributed by atoms with van der Waals surface area (Å²) in [5, 5.41) is 14.2. The molecule has 2 aromatic rings. The number of ether oxygens (including phenoxy) is 1. The standard InChI is InChI=1S/C18H21N3O3S.2C2HF3O2/c22-25(23)9-6-16(12-24-17-5-1-2-8-20-17)18(25)13-21(14-18)11-15-4-3-7-19-10-15;2*3-2(4,5)1(6)7/h1-5,7-8,10,16H,6,9,11-14H2;2*(H,6,7). The summed E-state index contributed by atoms with van der Waals surface area (Å²) in [6.45, 7) is 2.27. The second-order valence-corrected chi connectivity index (χ2v) is 10.9. The average Bonchev–Trinajstić information content (AvgIpc) is 3.09. The third-order valence-corrected chi connectivity index (χ3v) is 8.37. The summed E-state index contributed by atoms with van der Waals surface area (Å²) < 4.78 is 93.9. The summed E-state index contributed by atoms with van der Waals surface area (Å²) in [5.41, 5.74) is 1.11. The Morgan fingerprint density at radius 3 is 2.05 bits per heavy atom. The van der Waals surface area contributed by atoms with Gasteiger partial charge in [-0.25, -0.2) is 23.0 Å². The van der Waals surface area contributed by atoms with Crippen molar-refractivity contribution >= 4 is 21.8 Å². The van der Waals surface area contributed by atoms with Gasteiger partial charge in [0.25, 0.3) is 0 Å². The number of rotatable bonds is 5. The quantitative estimate of drug-likeness (QED) is 0.501. The first-order chi connectivity index (χ1) is 18.0. The highest BCUT2D eigenvalue weighted by Gasteiger charge is 2.61. The molecule has 2 fully saturated rings. The topological polar surface area (TPSA) is 147 Å². The van der Waals surface area contributed by atoms with Crippen LogP contribution < -0.4 is 4.74 Å². The van der Waals surface area contributed by atoms with E-state index in [0.717, 1.165) is 12.1 Å². The number of aromatic nitrogens is 2. The van der Waals surface area contributed by atoms with Crippen molar-refractivity contribution in [3.63, 3.8) is 0 Å². The van der Waals surface area contributed by atoms with Gasteiger partial charge in [-0.05, 0) is 24.1 Å². The van der Waals surface area contributed by atoms with Crippen molar-refractivity contribution in [3.8, 4) is 5.88 Å². The number of hydrogen-bond acceptors (Lipinski definition) is 8. The van der Waals surface area contributed by atoms with Crippen molar-refractivity contribution in [1.29, 1.82) is 0 Å². The van der Waals surface area contributed by atoms with E-state index in [9.17, 15) is 34.8 Å². The van der Waals surface area contributed by atoms with Gasteiger partial charge in [-0.3, -0.25) is 9.88 Å². The van der Waals surface area contributed by atoms with E-state index < -0.39 is 38.9 Å². The van der Waals surface area contributed by atoms with Crippen molar-refractivity contribution < 1.29 is 59.3 Å². The molecule has 0 amide bonds. The first-order valence-corrected chi connectivity index (χ1v) is 12.6. The fourth-order valence-electron chi connectivity index (χ4n) is 3.90. The van der Waals surface area contributed by atoms with E-state index in [1.54, 1.807) is 18.5 Å². The molecule has 0 radical (unpaired) electrons. The molecule has 216 valence electrons. The molecule has 39 heavy (non-hydrogen) atoms. The smallest absolute Gasteiger partial charge is 0.477 e. The van der Waals surface area contributed by atoms with Gasteiger partial charge in [-0.2, -0.15) is 26.3 Å². The summed E-state index contributed by atoms with van der Waals surface area (Å²) in [7, 11) is -3.09. The Hall–Kier alpha value is -3.47. The predicted molar refractivity (Wildman–Crippen MR) is 121 cm³/mol. The summed E-state index contributed by atoms with van der Waals surface area (Å²) in [4.78, 5) is 28.2. The second-order valence-electron chi connectivity index (χ2n) is 8.46. The molecule has 0 aliphatic carbocycles. The maximum Gasteiger partial charge on any atom is 0.490 e. The van der Waals surface area contributed by atoms with Crippen LogP contribution in [0.3, 0.4) is 0 Å². The van der Waals surface area contributed by atoms with E-state index in [2.05, 4.69) is 14.9 Å². The van der Waals surface area contributed by atoms with Crippen LogP contribution in [-0.4, -0.2) is 88.0 Å². The molecule has 4 rings (SSSR count). The van der Waals surface area contributed by atoms with E-state index in [1.807, 2.05) is 30.5 Å². The molecule has 2 aromatic heterocycles. The fourth-order valence-corrected chi connectivity index (χ4v) is 6.35. The largest absolute Gasteiger partial charge is 0.490 e. The minimum atomic E-state index is -5.08. The second kappa shape index (κ2) is 12.6. The number of carbonyl (C=O) groups is 2. The van der Waals surface area contributed by atoms with Crippen LogP contribution in [0.5, 0.6) is 5.88 Å². The number of aliphatic carboxylic acids is 2. The number of nitrogens with zero attached hydrogens (tertiary/aromatic N) is 3. The molecule has 2 aliphatic rings. The van der Waals surface area contributed by atoms with Crippen LogP contribution in [0.25, 0.3) is 0 Å². The third kappa shape index (κ3) is 8.77. The minimum Gasteiger partial charge on any atom is -0.477 e. The van der Waals surface area contributed by atoms with Gasteiger partial charge in [0.05, 0.1) is 12.4 Å². The number of pyridine rings is 2. The summed E-state index contributed by atoms with van der Waals surface area (Å²) in [6.07, 6.45) is -4.26. The van der Waals surface area contributed by atoms with E-state index in [4.69, 9.17) is 24.5 Å². The van der Waals surface area contributed by atoms with E-state index in [0.29, 0.717) is 32.0 Å². The zero-order valence-electron chi connectivity index (χ0n) is 19.9. The lowest BCUT2D eigenvalue weighted by molar-refractivity contribution is -0.193. The maximum absolute atomic E-state index is 12.7. The molecule has 1 atom stereocenters. The number of hydrogen-bond donors (Lipinski definition) is 2. The van der Waals surface area contributed by atoms with Gasteiger partial charge < -0.3 is 14.9 Å². The molecule has 2 N–H and O–H groups in total. The number of alkyl halides is 6. The lowest BCUT2D eigenvalue weighted by Crippen LogP contribution is -2.67. The Labute approximate surface area is 218 Å².